The Kier molecular flexibility index (Phi) is 11.1. The van der Waals surface area contributed by atoms with Crippen molar-refractivity contribution in [2.24, 2.45) is 0 Å². The minimum absolute atomic E-state index is 0.0258. The molecule has 2 N–H and O–H groups in total. The molecular weight excluding hydrogens is 703 g/mol. The third kappa shape index (κ3) is 8.19. The molecule has 0 fully saturated rings. The van der Waals surface area contributed by atoms with Crippen molar-refractivity contribution in [2.75, 3.05) is 33.7 Å². The maximum absolute atomic E-state index is 15.3. The van der Waals surface area contributed by atoms with Crippen LogP contribution in [0.15, 0.2) is 85.3 Å². The molecule has 270 valence electrons. The third-order valence-corrected chi connectivity index (χ3v) is 9.13. The van der Waals surface area contributed by atoms with Crippen molar-refractivity contribution in [1.29, 1.82) is 0 Å². The van der Waals surface area contributed by atoms with Crippen LogP contribution >= 0.6 is 11.6 Å². The summed E-state index contributed by atoms with van der Waals surface area (Å²) in [6.07, 6.45) is 5.12. The number of hydrogen-bond donors (Lipinski definition) is 2. The summed E-state index contributed by atoms with van der Waals surface area (Å²) in [5, 5.41) is 23.1. The zero-order valence-corrected chi connectivity index (χ0v) is 29.5. The summed E-state index contributed by atoms with van der Waals surface area (Å²) in [7, 11) is 3.86. The van der Waals surface area contributed by atoms with Crippen LogP contribution in [0.5, 0.6) is 0 Å². The van der Waals surface area contributed by atoms with E-state index in [4.69, 9.17) is 11.6 Å². The van der Waals surface area contributed by atoms with Gasteiger partial charge in [0.25, 0.3) is 5.91 Å². The van der Waals surface area contributed by atoms with E-state index in [0.29, 0.717) is 36.3 Å². The van der Waals surface area contributed by atoms with E-state index in [-0.39, 0.29) is 46.5 Å². The largest absolute Gasteiger partial charge is 0.478 e. The molecule has 15 heteroatoms. The fourth-order valence-corrected chi connectivity index (χ4v) is 6.35. The Balaban J connectivity index is 1.33. The topological polar surface area (TPSA) is 164 Å². The first kappa shape index (κ1) is 36.7. The van der Waals surface area contributed by atoms with E-state index in [2.05, 4.69) is 25.8 Å². The van der Waals surface area contributed by atoms with Crippen molar-refractivity contribution in [1.82, 2.24) is 40.3 Å². The molecule has 0 saturated heterocycles. The molecule has 0 bridgehead atoms. The number of benzene rings is 3. The van der Waals surface area contributed by atoms with Crippen molar-refractivity contribution in [3.05, 3.63) is 130 Å². The van der Waals surface area contributed by atoms with Gasteiger partial charge in [0.2, 0.25) is 5.91 Å². The minimum atomic E-state index is -1.15. The van der Waals surface area contributed by atoms with E-state index in [0.717, 1.165) is 16.7 Å². The number of carboxylic acids is 1. The molecule has 6 rings (SSSR count). The van der Waals surface area contributed by atoms with Crippen LogP contribution in [0.2, 0.25) is 5.02 Å². The van der Waals surface area contributed by atoms with Crippen molar-refractivity contribution in [3.63, 3.8) is 0 Å². The number of ketones is 1. The Morgan fingerprint density at radius 2 is 1.81 bits per heavy atom. The van der Waals surface area contributed by atoms with Gasteiger partial charge in [0.05, 0.1) is 22.7 Å². The molecule has 1 atom stereocenters. The number of Topliss-reactive ketones (excluding diaryl/α,β-unsaturated/α-hetero) is 1. The van der Waals surface area contributed by atoms with E-state index in [1.165, 1.54) is 58.5 Å². The summed E-state index contributed by atoms with van der Waals surface area (Å²) in [5.74, 6) is -3.02. The second-order valence-corrected chi connectivity index (χ2v) is 13.0. The van der Waals surface area contributed by atoms with Gasteiger partial charge >= 0.3 is 5.97 Å². The van der Waals surface area contributed by atoms with Gasteiger partial charge in [-0.3, -0.25) is 19.4 Å². The van der Waals surface area contributed by atoms with Crippen LogP contribution in [0.3, 0.4) is 0 Å². The molecule has 0 aliphatic carbocycles. The number of amides is 2. The van der Waals surface area contributed by atoms with Crippen LogP contribution in [0.1, 0.15) is 49.1 Å². The van der Waals surface area contributed by atoms with Crippen LogP contribution < -0.4 is 5.32 Å². The number of carbonyl (C=O) groups excluding carboxylic acids is 3. The molecule has 1 aliphatic heterocycles. The van der Waals surface area contributed by atoms with Gasteiger partial charge in [-0.15, -0.1) is 5.10 Å². The molecule has 13 nitrogen and oxygen atoms in total. The first-order valence-corrected chi connectivity index (χ1v) is 17.0. The molecule has 3 aromatic carbocycles. The van der Waals surface area contributed by atoms with E-state index in [1.54, 1.807) is 24.3 Å². The second kappa shape index (κ2) is 16.0. The highest BCUT2D eigenvalue weighted by Crippen LogP contribution is 2.38. The van der Waals surface area contributed by atoms with Crippen LogP contribution in [0.4, 0.5) is 4.39 Å². The van der Waals surface area contributed by atoms with Crippen molar-refractivity contribution >= 4 is 41.2 Å². The van der Waals surface area contributed by atoms with Crippen molar-refractivity contribution in [2.45, 2.75) is 18.9 Å². The van der Waals surface area contributed by atoms with E-state index in [1.807, 2.05) is 37.2 Å². The number of aromatic carboxylic acids is 1. The molecule has 5 aromatic rings. The number of hydrogen-bond acceptors (Lipinski definition) is 9. The average molecular weight is 737 g/mol. The number of nitrogens with one attached hydrogen (secondary N) is 1. The van der Waals surface area contributed by atoms with Crippen LogP contribution in [-0.4, -0.2) is 97.4 Å². The van der Waals surface area contributed by atoms with Crippen molar-refractivity contribution in [3.8, 4) is 16.8 Å². The zero-order chi connectivity index (χ0) is 37.6. The number of carbonyl (C=O) groups is 4. The average Bonchev–Trinajstić information content (AvgIpc) is 3.69. The summed E-state index contributed by atoms with van der Waals surface area (Å²) >= 11 is 6.09. The lowest BCUT2D eigenvalue weighted by Gasteiger charge is -2.37. The first-order valence-electron chi connectivity index (χ1n) is 16.6. The predicted octanol–water partition coefficient (Wildman–Crippen LogP) is 4.46. The Labute approximate surface area is 308 Å². The highest BCUT2D eigenvalue weighted by molar-refractivity contribution is 6.31. The van der Waals surface area contributed by atoms with Gasteiger partial charge in [-0.25, -0.2) is 9.18 Å². The van der Waals surface area contributed by atoms with E-state index < -0.39 is 23.7 Å². The predicted molar refractivity (Wildman–Crippen MR) is 194 cm³/mol. The van der Waals surface area contributed by atoms with Gasteiger partial charge in [-0.05, 0) is 95.7 Å². The Morgan fingerprint density at radius 1 is 1.04 bits per heavy atom. The van der Waals surface area contributed by atoms with Gasteiger partial charge < -0.3 is 20.2 Å². The number of halogens is 2. The SMILES string of the molecule is CN(C)CCNC(=O)c1ccc(-c2cccc3c2CCN(C(=O)/C=C/c2c(-n4cnnn4)ccc(Cl)c2F)C3C(=O)Cc2ccc(C(=O)O)cn2)cc1. The molecule has 1 unspecified atom stereocenters. The molecule has 53 heavy (non-hydrogen) atoms. The molecule has 3 heterocycles. The summed E-state index contributed by atoms with van der Waals surface area (Å²) in [6.45, 7) is 1.37. The number of aromatic nitrogens is 5. The molecule has 0 saturated carbocycles. The lowest BCUT2D eigenvalue weighted by atomic mass is 9.84. The maximum atomic E-state index is 15.3. The van der Waals surface area contributed by atoms with Crippen molar-refractivity contribution < 1.29 is 28.7 Å². The Bertz CT molecular complexity index is 2190. The molecule has 2 aromatic heterocycles. The fourth-order valence-electron chi connectivity index (χ4n) is 6.19. The third-order valence-electron chi connectivity index (χ3n) is 8.84. The highest BCUT2D eigenvalue weighted by Gasteiger charge is 2.36. The second-order valence-electron chi connectivity index (χ2n) is 12.6. The van der Waals surface area contributed by atoms with Crippen LogP contribution in [-0.2, 0) is 22.4 Å². The summed E-state index contributed by atoms with van der Waals surface area (Å²) in [5.41, 5.74) is 4.17. The Hall–Kier alpha value is -6.12. The first-order chi connectivity index (χ1) is 25.5. The van der Waals surface area contributed by atoms with E-state index >= 15 is 4.39 Å². The van der Waals surface area contributed by atoms with E-state index in [9.17, 15) is 24.3 Å². The molecule has 1 aliphatic rings. The number of carboxylic acid groups (broad SMARTS) is 1. The zero-order valence-electron chi connectivity index (χ0n) is 28.7. The van der Waals surface area contributed by atoms with Crippen LogP contribution in [0, 0.1) is 5.82 Å². The number of nitrogens with zero attached hydrogens (tertiary/aromatic N) is 7. The van der Waals surface area contributed by atoms with Crippen LogP contribution in [0.25, 0.3) is 22.9 Å². The summed E-state index contributed by atoms with van der Waals surface area (Å²) in [6, 6.07) is 17.4. The summed E-state index contributed by atoms with van der Waals surface area (Å²) in [4.78, 5) is 59.9. The quantitative estimate of drug-likeness (QED) is 0.175. The molecule has 0 spiro atoms. The summed E-state index contributed by atoms with van der Waals surface area (Å²) < 4.78 is 16.6. The van der Waals surface area contributed by atoms with Gasteiger partial charge in [-0.1, -0.05) is 41.9 Å². The standard InChI is InChI=1S/C38H34ClFN8O5/c1-46(2)19-17-41-37(51)24-8-6-23(7-9-24)27-4-3-5-29-28(27)16-18-47(36(29)33(49)20-26-11-10-25(21-42-26)38(52)53)34(50)15-12-30-32(48-22-43-44-45-48)14-13-31(39)35(30)40/h3-15,21-22,36H,16-20H2,1-2H3,(H,41,51)(H,52,53)/b15-12+. The lowest BCUT2D eigenvalue weighted by molar-refractivity contribution is -0.136. The fraction of sp³-hybridized carbons (Fsp3) is 0.211. The smallest absolute Gasteiger partial charge is 0.337 e. The number of rotatable bonds is 12. The van der Waals surface area contributed by atoms with Gasteiger partial charge in [0.15, 0.2) is 11.6 Å². The molecule has 2 amide bonds. The number of tetrazole rings is 1. The minimum Gasteiger partial charge on any atom is -0.478 e. The number of pyridine rings is 1. The molecular formula is C38H34ClFN8O5. The monoisotopic (exact) mass is 736 g/mol. The lowest BCUT2D eigenvalue weighted by Crippen LogP contribution is -2.43. The van der Waals surface area contributed by atoms with Gasteiger partial charge in [-0.2, -0.15) is 4.68 Å². The van der Waals surface area contributed by atoms with Gasteiger partial charge in [0.1, 0.15) is 12.4 Å². The normalized spacial score (nSPS) is 14.0. The maximum Gasteiger partial charge on any atom is 0.337 e. The number of fused-ring (bicyclic) bond motifs is 1. The Morgan fingerprint density at radius 3 is 2.49 bits per heavy atom. The number of likely N-dealkylation sites (N-methyl/N-ethyl adjacent to an activating group) is 1. The van der Waals surface area contributed by atoms with Gasteiger partial charge in [0, 0.05) is 48.7 Å². The highest BCUT2D eigenvalue weighted by atomic mass is 35.5. The molecule has 0 radical (unpaired) electrons.